The van der Waals surface area contributed by atoms with Gasteiger partial charge in [0.05, 0.1) is 6.10 Å². The Morgan fingerprint density at radius 2 is 1.96 bits per heavy atom. The molecule has 4 aliphatic rings. The highest BCUT2D eigenvalue weighted by molar-refractivity contribution is 6.01. The summed E-state index contributed by atoms with van der Waals surface area (Å²) in [5.74, 6) is -0.470. The Morgan fingerprint density at radius 1 is 1.29 bits per heavy atom. The standard InChI is InChI=1S/C23H31FO4/c1-12-7-15-14-9-17(24)16-8-13(26)5-6-21(16,2)20(14)18(27)10-22(15,3)23(12,4)19(28)11-25/h5-6,8,12,14-15,17-18,20,25,27H,7,9-11H2,1-4H3/t12-,14?,15?,17+,18+,20?,21+,22+,23-/m1/s1. The van der Waals surface area contributed by atoms with Crippen LogP contribution in [0.4, 0.5) is 4.39 Å². The Balaban J connectivity index is 1.81. The number of allylic oxidation sites excluding steroid dienone is 4. The molecule has 4 nitrogen and oxygen atoms in total. The summed E-state index contributed by atoms with van der Waals surface area (Å²) < 4.78 is 15.3. The van der Waals surface area contributed by atoms with Crippen LogP contribution in [0.2, 0.25) is 0 Å². The lowest BCUT2D eigenvalue weighted by Crippen LogP contribution is -2.60. The number of rotatable bonds is 2. The van der Waals surface area contributed by atoms with E-state index in [9.17, 15) is 19.8 Å². The number of halogens is 1. The summed E-state index contributed by atoms with van der Waals surface area (Å²) in [7, 11) is 0. The number of carbonyl (C=O) groups excluding carboxylic acids is 2. The SMILES string of the molecule is C[C@@H]1CC2C3C[C@H](F)C4=CC(=O)C=C[C@]4(C)C3[C@@H](O)C[C@]2(C)[C@@]1(C)C(=O)CO. The number of carbonyl (C=O) groups is 2. The number of aliphatic hydroxyl groups excluding tert-OH is 2. The minimum absolute atomic E-state index is 0.0550. The number of hydrogen-bond acceptors (Lipinski definition) is 4. The lowest BCUT2D eigenvalue weighted by atomic mass is 9.44. The largest absolute Gasteiger partial charge is 0.393 e. The average molecular weight is 390 g/mol. The van der Waals surface area contributed by atoms with Gasteiger partial charge in [-0.2, -0.15) is 0 Å². The van der Waals surface area contributed by atoms with Gasteiger partial charge in [-0.3, -0.25) is 9.59 Å². The fourth-order valence-electron chi connectivity index (χ4n) is 7.65. The number of fused-ring (bicyclic) bond motifs is 5. The van der Waals surface area contributed by atoms with Crippen molar-refractivity contribution in [3.05, 3.63) is 23.8 Å². The molecular weight excluding hydrogens is 359 g/mol. The Bertz CT molecular complexity index is 787. The summed E-state index contributed by atoms with van der Waals surface area (Å²) in [4.78, 5) is 24.7. The van der Waals surface area contributed by atoms with Gasteiger partial charge >= 0.3 is 0 Å². The van der Waals surface area contributed by atoms with Gasteiger partial charge in [-0.25, -0.2) is 4.39 Å². The van der Waals surface area contributed by atoms with E-state index in [1.807, 2.05) is 20.8 Å². The first kappa shape index (κ1) is 20.0. The molecule has 28 heavy (non-hydrogen) atoms. The van der Waals surface area contributed by atoms with Gasteiger partial charge in [0.25, 0.3) is 0 Å². The van der Waals surface area contributed by atoms with Crippen molar-refractivity contribution in [3.8, 4) is 0 Å². The third kappa shape index (κ3) is 2.23. The normalized spacial score (nSPS) is 52.5. The summed E-state index contributed by atoms with van der Waals surface area (Å²) in [6.07, 6.45) is 4.31. The smallest absolute Gasteiger partial charge is 0.178 e. The zero-order valence-corrected chi connectivity index (χ0v) is 17.1. The Kier molecular flexibility index (Phi) is 4.34. The molecule has 5 heteroatoms. The Hall–Kier alpha value is -1.33. The zero-order chi connectivity index (χ0) is 20.6. The van der Waals surface area contributed by atoms with E-state index in [-0.39, 0.29) is 41.7 Å². The maximum absolute atomic E-state index is 15.3. The van der Waals surface area contributed by atoms with Gasteiger partial charge < -0.3 is 10.2 Å². The van der Waals surface area contributed by atoms with Crippen LogP contribution in [0.3, 0.4) is 0 Å². The summed E-state index contributed by atoms with van der Waals surface area (Å²) in [6, 6.07) is 0. The third-order valence-corrected chi connectivity index (χ3v) is 9.37. The van der Waals surface area contributed by atoms with Crippen molar-refractivity contribution in [2.75, 3.05) is 6.61 Å². The number of Topliss-reactive ketones (excluding diaryl/α,β-unsaturated/α-hetero) is 1. The minimum atomic E-state index is -1.22. The van der Waals surface area contributed by atoms with Crippen LogP contribution in [-0.2, 0) is 9.59 Å². The molecule has 0 saturated heterocycles. The summed E-state index contributed by atoms with van der Waals surface area (Å²) in [5.41, 5.74) is -1.41. The molecule has 0 heterocycles. The molecule has 0 radical (unpaired) electrons. The van der Waals surface area contributed by atoms with Crippen LogP contribution in [0.5, 0.6) is 0 Å². The third-order valence-electron chi connectivity index (χ3n) is 9.37. The topological polar surface area (TPSA) is 74.6 Å². The molecule has 154 valence electrons. The number of alkyl halides is 1. The van der Waals surface area contributed by atoms with E-state index in [0.29, 0.717) is 12.0 Å². The van der Waals surface area contributed by atoms with Crippen LogP contribution in [-0.4, -0.2) is 40.7 Å². The summed E-state index contributed by atoms with van der Waals surface area (Å²) in [6.45, 7) is 7.45. The predicted octanol–water partition coefficient (Wildman–Crippen LogP) is 3.03. The van der Waals surface area contributed by atoms with Gasteiger partial charge in [-0.1, -0.05) is 33.8 Å². The minimum Gasteiger partial charge on any atom is -0.393 e. The molecule has 0 aromatic heterocycles. The lowest BCUT2D eigenvalue weighted by Gasteiger charge is -2.60. The van der Waals surface area contributed by atoms with Crippen molar-refractivity contribution in [1.82, 2.24) is 0 Å². The maximum Gasteiger partial charge on any atom is 0.178 e. The molecule has 0 spiro atoms. The van der Waals surface area contributed by atoms with Crippen LogP contribution in [0, 0.1) is 39.9 Å². The monoisotopic (exact) mass is 390 g/mol. The van der Waals surface area contributed by atoms with Crippen molar-refractivity contribution < 1.29 is 24.2 Å². The molecule has 0 aromatic rings. The molecule has 3 saturated carbocycles. The van der Waals surface area contributed by atoms with E-state index in [1.165, 1.54) is 12.2 Å². The molecule has 0 aromatic carbocycles. The van der Waals surface area contributed by atoms with Gasteiger partial charge in [0.15, 0.2) is 11.6 Å². The van der Waals surface area contributed by atoms with Crippen molar-refractivity contribution in [2.45, 2.75) is 59.2 Å². The quantitative estimate of drug-likeness (QED) is 0.760. The molecular formula is C23H31FO4. The first-order valence-corrected chi connectivity index (χ1v) is 10.4. The number of hydrogen-bond donors (Lipinski definition) is 2. The van der Waals surface area contributed by atoms with Crippen molar-refractivity contribution in [3.63, 3.8) is 0 Å². The van der Waals surface area contributed by atoms with Gasteiger partial charge in [0, 0.05) is 16.7 Å². The summed E-state index contributed by atoms with van der Waals surface area (Å²) in [5, 5.41) is 20.9. The molecule has 4 rings (SSSR count). The van der Waals surface area contributed by atoms with Crippen LogP contribution in [0.1, 0.15) is 47.0 Å². The zero-order valence-electron chi connectivity index (χ0n) is 17.1. The number of ketones is 2. The molecule has 0 bridgehead atoms. The van der Waals surface area contributed by atoms with Crippen LogP contribution in [0.25, 0.3) is 0 Å². The molecule has 2 N–H and O–H groups in total. The molecule has 3 unspecified atom stereocenters. The highest BCUT2D eigenvalue weighted by Crippen LogP contribution is 2.71. The van der Waals surface area contributed by atoms with Crippen molar-refractivity contribution in [2.24, 2.45) is 39.9 Å². The van der Waals surface area contributed by atoms with Gasteiger partial charge in [-0.05, 0) is 60.2 Å². The van der Waals surface area contributed by atoms with E-state index in [4.69, 9.17) is 0 Å². The first-order chi connectivity index (χ1) is 13.0. The van der Waals surface area contributed by atoms with E-state index in [2.05, 4.69) is 6.92 Å². The molecule has 4 aliphatic carbocycles. The maximum atomic E-state index is 15.3. The fraction of sp³-hybridized carbons (Fsp3) is 0.739. The van der Waals surface area contributed by atoms with Gasteiger partial charge in [0.1, 0.15) is 12.8 Å². The van der Waals surface area contributed by atoms with Crippen molar-refractivity contribution in [1.29, 1.82) is 0 Å². The molecule has 0 amide bonds. The highest BCUT2D eigenvalue weighted by atomic mass is 19.1. The van der Waals surface area contributed by atoms with Crippen molar-refractivity contribution >= 4 is 11.6 Å². The molecule has 3 fully saturated rings. The van der Waals surface area contributed by atoms with Crippen LogP contribution < -0.4 is 0 Å². The number of aliphatic hydroxyl groups is 2. The first-order valence-electron chi connectivity index (χ1n) is 10.4. The second kappa shape index (κ2) is 6.09. The fourth-order valence-corrected chi connectivity index (χ4v) is 7.65. The second-order valence-corrected chi connectivity index (χ2v) is 10.2. The van der Waals surface area contributed by atoms with Crippen LogP contribution >= 0.6 is 0 Å². The Labute approximate surface area is 165 Å². The van der Waals surface area contributed by atoms with E-state index >= 15 is 4.39 Å². The average Bonchev–Trinajstić information content (AvgIpc) is 2.83. The van der Waals surface area contributed by atoms with E-state index < -0.39 is 35.1 Å². The molecule has 9 atom stereocenters. The predicted molar refractivity (Wildman–Crippen MR) is 103 cm³/mol. The lowest BCUT2D eigenvalue weighted by molar-refractivity contribution is -0.160. The van der Waals surface area contributed by atoms with Gasteiger partial charge in [0.2, 0.25) is 0 Å². The van der Waals surface area contributed by atoms with E-state index in [1.54, 1.807) is 6.08 Å². The highest BCUT2D eigenvalue weighted by Gasteiger charge is 2.69. The van der Waals surface area contributed by atoms with Crippen LogP contribution in [0.15, 0.2) is 23.8 Å². The Morgan fingerprint density at radius 3 is 2.61 bits per heavy atom. The second-order valence-electron chi connectivity index (χ2n) is 10.2. The molecule has 0 aliphatic heterocycles. The van der Waals surface area contributed by atoms with Gasteiger partial charge in [-0.15, -0.1) is 0 Å². The summed E-state index contributed by atoms with van der Waals surface area (Å²) >= 11 is 0. The van der Waals surface area contributed by atoms with E-state index in [0.717, 1.165) is 6.42 Å².